The highest BCUT2D eigenvalue weighted by atomic mass is 16.4. The van der Waals surface area contributed by atoms with Gasteiger partial charge in [0.05, 0.1) is 5.41 Å². The van der Waals surface area contributed by atoms with Crippen LogP contribution >= 0.6 is 0 Å². The van der Waals surface area contributed by atoms with Crippen molar-refractivity contribution in [1.82, 2.24) is 4.90 Å². The summed E-state index contributed by atoms with van der Waals surface area (Å²) < 4.78 is 0. The van der Waals surface area contributed by atoms with E-state index in [1.54, 1.807) is 0 Å². The Kier molecular flexibility index (Phi) is 6.73. The summed E-state index contributed by atoms with van der Waals surface area (Å²) in [6.45, 7) is 7.63. The zero-order valence-electron chi connectivity index (χ0n) is 14.6. The van der Waals surface area contributed by atoms with Crippen LogP contribution in [0.15, 0.2) is 0 Å². The molecule has 2 rings (SSSR count). The third kappa shape index (κ3) is 3.67. The zero-order valence-corrected chi connectivity index (χ0v) is 14.6. The number of hydrogen-bond acceptors (Lipinski definition) is 2. The lowest BCUT2D eigenvalue weighted by Gasteiger charge is -2.48. The van der Waals surface area contributed by atoms with Gasteiger partial charge >= 0.3 is 5.97 Å². The molecule has 0 aromatic heterocycles. The molecule has 0 spiro atoms. The van der Waals surface area contributed by atoms with Crippen molar-refractivity contribution in [3.05, 3.63) is 0 Å². The Balaban J connectivity index is 2.13. The second-order valence-electron chi connectivity index (χ2n) is 7.44. The minimum Gasteiger partial charge on any atom is -0.481 e. The van der Waals surface area contributed by atoms with Crippen LogP contribution in [0.2, 0.25) is 0 Å². The van der Waals surface area contributed by atoms with Gasteiger partial charge in [0.15, 0.2) is 0 Å². The van der Waals surface area contributed by atoms with Gasteiger partial charge in [0, 0.05) is 0 Å². The van der Waals surface area contributed by atoms with Crippen molar-refractivity contribution in [2.75, 3.05) is 19.6 Å². The Labute approximate surface area is 136 Å². The van der Waals surface area contributed by atoms with Gasteiger partial charge in [-0.1, -0.05) is 46.0 Å². The van der Waals surface area contributed by atoms with Crippen molar-refractivity contribution in [1.29, 1.82) is 0 Å². The van der Waals surface area contributed by atoms with Gasteiger partial charge in [0.25, 0.3) is 0 Å². The van der Waals surface area contributed by atoms with Crippen LogP contribution in [0.3, 0.4) is 0 Å². The molecule has 0 aromatic rings. The van der Waals surface area contributed by atoms with Crippen LogP contribution in [-0.4, -0.2) is 35.6 Å². The number of carbonyl (C=O) groups is 1. The molecule has 0 radical (unpaired) electrons. The van der Waals surface area contributed by atoms with E-state index in [0.717, 1.165) is 58.2 Å². The lowest BCUT2D eigenvalue weighted by atomic mass is 9.56. The Bertz CT molecular complexity index is 347. The highest BCUT2D eigenvalue weighted by Gasteiger charge is 2.52. The third-order valence-corrected chi connectivity index (χ3v) is 6.54. The Morgan fingerprint density at radius 2 is 1.68 bits per heavy atom. The average Bonchev–Trinajstić information content (AvgIpc) is 2.56. The minimum absolute atomic E-state index is 0.391. The maximum absolute atomic E-state index is 12.4. The lowest BCUT2D eigenvalue weighted by molar-refractivity contribution is -0.163. The SMILES string of the molecule is CCN(CC)CCC1CCCCC1(C(=O)O)C1CCCCC1. The molecule has 1 N–H and O–H groups in total. The summed E-state index contributed by atoms with van der Waals surface area (Å²) in [6, 6.07) is 0. The van der Waals surface area contributed by atoms with Crippen LogP contribution in [0.25, 0.3) is 0 Å². The number of carboxylic acid groups (broad SMARTS) is 1. The summed E-state index contributed by atoms with van der Waals surface area (Å²) in [5, 5.41) is 10.2. The van der Waals surface area contributed by atoms with Crippen molar-refractivity contribution in [2.45, 2.75) is 78.1 Å². The molecular formula is C19H35NO2. The Hall–Kier alpha value is -0.570. The van der Waals surface area contributed by atoms with Gasteiger partial charge in [-0.05, 0) is 63.6 Å². The van der Waals surface area contributed by atoms with Gasteiger partial charge in [-0.25, -0.2) is 0 Å². The number of carboxylic acids is 1. The summed E-state index contributed by atoms with van der Waals surface area (Å²) in [5.41, 5.74) is -0.411. The first-order valence-electron chi connectivity index (χ1n) is 9.60. The summed E-state index contributed by atoms with van der Waals surface area (Å²) in [7, 11) is 0. The fourth-order valence-corrected chi connectivity index (χ4v) is 5.16. The molecular weight excluding hydrogens is 274 g/mol. The van der Waals surface area contributed by atoms with Crippen LogP contribution in [0.4, 0.5) is 0 Å². The van der Waals surface area contributed by atoms with E-state index in [1.807, 2.05) is 0 Å². The zero-order chi connectivity index (χ0) is 16.0. The first-order chi connectivity index (χ1) is 10.6. The molecule has 0 bridgehead atoms. The average molecular weight is 309 g/mol. The smallest absolute Gasteiger partial charge is 0.310 e. The molecule has 0 saturated heterocycles. The minimum atomic E-state index is -0.483. The number of rotatable bonds is 7. The molecule has 2 aliphatic carbocycles. The number of nitrogens with zero attached hydrogens (tertiary/aromatic N) is 1. The lowest BCUT2D eigenvalue weighted by Crippen LogP contribution is -2.48. The van der Waals surface area contributed by atoms with Gasteiger partial charge in [-0.3, -0.25) is 4.79 Å². The molecule has 2 atom stereocenters. The normalized spacial score (nSPS) is 30.6. The summed E-state index contributed by atoms with van der Waals surface area (Å²) >= 11 is 0. The van der Waals surface area contributed by atoms with Crippen LogP contribution in [0.1, 0.15) is 78.1 Å². The molecule has 3 heteroatoms. The first kappa shape index (κ1) is 17.8. The number of hydrogen-bond donors (Lipinski definition) is 1. The third-order valence-electron chi connectivity index (χ3n) is 6.54. The summed E-state index contributed by atoms with van der Waals surface area (Å²) in [5.74, 6) is 0.340. The first-order valence-corrected chi connectivity index (χ1v) is 9.60. The van der Waals surface area contributed by atoms with E-state index in [4.69, 9.17) is 0 Å². The van der Waals surface area contributed by atoms with Gasteiger partial charge in [0.1, 0.15) is 0 Å². The molecule has 3 nitrogen and oxygen atoms in total. The van der Waals surface area contributed by atoms with Crippen LogP contribution < -0.4 is 0 Å². The molecule has 0 aromatic carbocycles. The van der Waals surface area contributed by atoms with E-state index in [9.17, 15) is 9.90 Å². The van der Waals surface area contributed by atoms with Gasteiger partial charge in [0.2, 0.25) is 0 Å². The number of aliphatic carboxylic acids is 1. The second-order valence-corrected chi connectivity index (χ2v) is 7.44. The second kappa shape index (κ2) is 8.33. The van der Waals surface area contributed by atoms with E-state index in [2.05, 4.69) is 18.7 Å². The standard InChI is InChI=1S/C19H35NO2/c1-3-20(4-2)15-13-17-12-8-9-14-19(17,18(21)22)16-10-6-5-7-11-16/h16-17H,3-15H2,1-2H3,(H,21,22). The van der Waals surface area contributed by atoms with E-state index in [1.165, 1.54) is 25.7 Å². The molecule has 2 saturated carbocycles. The molecule has 128 valence electrons. The summed E-state index contributed by atoms with van der Waals surface area (Å²) in [6.07, 6.45) is 11.5. The predicted molar refractivity (Wildman–Crippen MR) is 91.0 cm³/mol. The van der Waals surface area contributed by atoms with E-state index < -0.39 is 11.4 Å². The van der Waals surface area contributed by atoms with Crippen molar-refractivity contribution >= 4 is 5.97 Å². The highest BCUT2D eigenvalue weighted by Crippen LogP contribution is 2.52. The molecule has 0 heterocycles. The maximum atomic E-state index is 12.4. The summed E-state index contributed by atoms with van der Waals surface area (Å²) in [4.78, 5) is 14.8. The fraction of sp³-hybridized carbons (Fsp3) is 0.947. The van der Waals surface area contributed by atoms with Crippen molar-refractivity contribution in [3.8, 4) is 0 Å². The van der Waals surface area contributed by atoms with Gasteiger partial charge < -0.3 is 10.0 Å². The highest BCUT2D eigenvalue weighted by molar-refractivity contribution is 5.75. The quantitative estimate of drug-likeness (QED) is 0.749. The molecule has 0 aliphatic heterocycles. The molecule has 0 amide bonds. The van der Waals surface area contributed by atoms with Crippen LogP contribution in [0.5, 0.6) is 0 Å². The van der Waals surface area contributed by atoms with Gasteiger partial charge in [-0.2, -0.15) is 0 Å². The van der Waals surface area contributed by atoms with Gasteiger partial charge in [-0.15, -0.1) is 0 Å². The van der Waals surface area contributed by atoms with E-state index in [-0.39, 0.29) is 0 Å². The van der Waals surface area contributed by atoms with Crippen LogP contribution in [0, 0.1) is 17.3 Å². The Morgan fingerprint density at radius 1 is 1.05 bits per heavy atom. The molecule has 2 aliphatic rings. The maximum Gasteiger partial charge on any atom is 0.310 e. The van der Waals surface area contributed by atoms with Crippen molar-refractivity contribution < 1.29 is 9.90 Å². The van der Waals surface area contributed by atoms with Crippen molar-refractivity contribution in [2.24, 2.45) is 17.3 Å². The van der Waals surface area contributed by atoms with Crippen molar-refractivity contribution in [3.63, 3.8) is 0 Å². The largest absolute Gasteiger partial charge is 0.481 e. The monoisotopic (exact) mass is 309 g/mol. The molecule has 2 fully saturated rings. The predicted octanol–water partition coefficient (Wildman–Crippen LogP) is 4.56. The van der Waals surface area contributed by atoms with E-state index in [0.29, 0.717) is 11.8 Å². The molecule has 2 unspecified atom stereocenters. The Morgan fingerprint density at radius 3 is 2.27 bits per heavy atom. The van der Waals surface area contributed by atoms with E-state index >= 15 is 0 Å². The van der Waals surface area contributed by atoms with Crippen LogP contribution in [-0.2, 0) is 4.79 Å². The topological polar surface area (TPSA) is 40.5 Å². The molecule has 22 heavy (non-hydrogen) atoms. The fourth-order valence-electron chi connectivity index (χ4n) is 5.16.